The number of nitrogens with zero attached hydrogens (tertiary/aromatic N) is 6. The molecule has 1 aromatic carbocycles. The normalized spacial score (nSPS) is 14.8. The molecule has 5 rings (SSSR count). The van der Waals surface area contributed by atoms with Crippen molar-refractivity contribution in [1.82, 2.24) is 29.1 Å². The Morgan fingerprint density at radius 2 is 1.76 bits per heavy atom. The molecule has 1 aliphatic rings. The first-order valence-electron chi connectivity index (χ1n) is 10.2. The minimum absolute atomic E-state index is 0.154. The smallest absolute Gasteiger partial charge is 0.131 e. The lowest BCUT2D eigenvalue weighted by molar-refractivity contribution is 0.482. The summed E-state index contributed by atoms with van der Waals surface area (Å²) in [4.78, 5) is 18.6. The van der Waals surface area contributed by atoms with Gasteiger partial charge in [-0.25, -0.2) is 19.9 Å². The van der Waals surface area contributed by atoms with Gasteiger partial charge in [0.25, 0.3) is 0 Å². The van der Waals surface area contributed by atoms with E-state index in [4.69, 9.17) is 4.98 Å². The Labute approximate surface area is 170 Å². The number of imidazole rings is 2. The average molecular weight is 384 g/mol. The van der Waals surface area contributed by atoms with Crippen LogP contribution in [0.2, 0.25) is 0 Å². The lowest BCUT2D eigenvalue weighted by Crippen LogP contribution is -2.17. The average Bonchev–Trinajstić information content (AvgIpc) is 3.37. The maximum absolute atomic E-state index is 4.85. The van der Waals surface area contributed by atoms with E-state index in [-0.39, 0.29) is 6.04 Å². The lowest BCUT2D eigenvalue weighted by atomic mass is 10.0. The Morgan fingerprint density at radius 3 is 2.38 bits per heavy atom. The number of rotatable bonds is 6. The third-order valence-corrected chi connectivity index (χ3v) is 5.63. The van der Waals surface area contributed by atoms with Gasteiger partial charge in [-0.3, -0.25) is 0 Å². The molecule has 6 heteroatoms. The molecule has 0 spiro atoms. The van der Waals surface area contributed by atoms with E-state index in [2.05, 4.69) is 50.2 Å². The van der Waals surface area contributed by atoms with Crippen LogP contribution in [0.5, 0.6) is 0 Å². The quantitative estimate of drug-likeness (QED) is 0.497. The van der Waals surface area contributed by atoms with Crippen LogP contribution in [0.4, 0.5) is 0 Å². The second-order valence-electron chi connectivity index (χ2n) is 7.64. The molecule has 3 aromatic heterocycles. The zero-order valence-electron chi connectivity index (χ0n) is 16.7. The van der Waals surface area contributed by atoms with Gasteiger partial charge in [0.2, 0.25) is 0 Å². The van der Waals surface area contributed by atoms with Gasteiger partial charge in [-0.15, -0.1) is 0 Å². The Bertz CT molecular complexity index is 1110. The molecule has 1 saturated carbocycles. The number of aromatic nitrogens is 6. The highest BCUT2D eigenvalue weighted by Crippen LogP contribution is 2.45. The van der Waals surface area contributed by atoms with Crippen molar-refractivity contribution in [1.29, 1.82) is 0 Å². The van der Waals surface area contributed by atoms with Gasteiger partial charge in [-0.05, 0) is 18.8 Å². The third-order valence-electron chi connectivity index (χ3n) is 5.63. The molecule has 0 N–H and O–H groups in total. The minimum Gasteiger partial charge on any atom is -0.336 e. The first kappa shape index (κ1) is 17.8. The van der Waals surface area contributed by atoms with Crippen LogP contribution in [0.25, 0.3) is 22.5 Å². The van der Waals surface area contributed by atoms with Crippen LogP contribution in [0, 0.1) is 5.92 Å². The molecule has 0 amide bonds. The Hall–Kier alpha value is -3.28. The molecule has 1 fully saturated rings. The fraction of sp³-hybridized carbons (Fsp3) is 0.304. The van der Waals surface area contributed by atoms with Crippen LogP contribution < -0.4 is 0 Å². The van der Waals surface area contributed by atoms with Crippen molar-refractivity contribution in [3.63, 3.8) is 0 Å². The second-order valence-corrected chi connectivity index (χ2v) is 7.64. The van der Waals surface area contributed by atoms with Crippen LogP contribution in [0.3, 0.4) is 0 Å². The monoisotopic (exact) mass is 384 g/mol. The lowest BCUT2D eigenvalue weighted by Gasteiger charge is -2.21. The molecular formula is C23H24N6. The van der Waals surface area contributed by atoms with Gasteiger partial charge < -0.3 is 9.13 Å². The van der Waals surface area contributed by atoms with E-state index >= 15 is 0 Å². The molecule has 1 aliphatic carbocycles. The Balaban J connectivity index is 1.71. The third kappa shape index (κ3) is 3.24. The van der Waals surface area contributed by atoms with Gasteiger partial charge in [0, 0.05) is 49.4 Å². The zero-order valence-corrected chi connectivity index (χ0v) is 16.7. The van der Waals surface area contributed by atoms with E-state index in [9.17, 15) is 0 Å². The van der Waals surface area contributed by atoms with Crippen molar-refractivity contribution in [2.45, 2.75) is 32.2 Å². The molecular weight excluding hydrogens is 360 g/mol. The van der Waals surface area contributed by atoms with E-state index in [1.165, 1.54) is 12.8 Å². The van der Waals surface area contributed by atoms with Gasteiger partial charge in [0.1, 0.15) is 11.6 Å². The van der Waals surface area contributed by atoms with Gasteiger partial charge in [0.15, 0.2) is 0 Å². The maximum Gasteiger partial charge on any atom is 0.131 e. The van der Waals surface area contributed by atoms with Crippen LogP contribution in [-0.2, 0) is 13.5 Å². The summed E-state index contributed by atoms with van der Waals surface area (Å²) < 4.78 is 4.40. The summed E-state index contributed by atoms with van der Waals surface area (Å²) in [5, 5.41) is 0. The van der Waals surface area contributed by atoms with E-state index in [0.717, 1.165) is 40.6 Å². The molecule has 0 aliphatic heterocycles. The highest BCUT2D eigenvalue weighted by molar-refractivity contribution is 5.78. The van der Waals surface area contributed by atoms with Crippen LogP contribution in [0.1, 0.15) is 37.5 Å². The molecule has 6 nitrogen and oxygen atoms in total. The van der Waals surface area contributed by atoms with E-state index in [1.54, 1.807) is 0 Å². The summed E-state index contributed by atoms with van der Waals surface area (Å²) >= 11 is 0. The minimum atomic E-state index is 0.154. The number of hydrogen-bond donors (Lipinski definition) is 0. The van der Waals surface area contributed by atoms with Gasteiger partial charge in [0.05, 0.1) is 23.8 Å². The summed E-state index contributed by atoms with van der Waals surface area (Å²) in [6.07, 6.45) is 12.9. The van der Waals surface area contributed by atoms with E-state index < -0.39 is 0 Å². The number of benzene rings is 1. The maximum atomic E-state index is 4.85. The Kier molecular flexibility index (Phi) is 4.46. The SMILES string of the molecule is CCc1ncc(-c2c(-c3ccccc3)ncn2[C@H](c2nccn2C)C2CC2)cn1. The topological polar surface area (TPSA) is 61.4 Å². The van der Waals surface area contributed by atoms with Crippen molar-refractivity contribution < 1.29 is 0 Å². The van der Waals surface area contributed by atoms with Crippen molar-refractivity contribution in [3.8, 4) is 22.5 Å². The van der Waals surface area contributed by atoms with Crippen molar-refractivity contribution in [2.24, 2.45) is 13.0 Å². The van der Waals surface area contributed by atoms with E-state index in [1.807, 2.05) is 49.3 Å². The molecule has 0 unspecified atom stereocenters. The van der Waals surface area contributed by atoms with Crippen molar-refractivity contribution >= 4 is 0 Å². The highest BCUT2D eigenvalue weighted by Gasteiger charge is 2.37. The van der Waals surface area contributed by atoms with Crippen molar-refractivity contribution in [3.05, 3.63) is 73.1 Å². The molecule has 1 atom stereocenters. The first-order chi connectivity index (χ1) is 14.3. The molecule has 4 aromatic rings. The standard InChI is InChI=1S/C23H24N6/c1-3-19-25-13-18(14-26-19)21-20(16-7-5-4-6-8-16)27-15-29(21)22(17-9-10-17)23-24-11-12-28(23)2/h4-8,11-15,17,22H,3,9-10H2,1-2H3/t22-/m0/s1. The summed E-state index contributed by atoms with van der Waals surface area (Å²) in [6.45, 7) is 2.07. The van der Waals surface area contributed by atoms with E-state index in [0.29, 0.717) is 5.92 Å². The fourth-order valence-electron chi connectivity index (χ4n) is 3.96. The van der Waals surface area contributed by atoms with Gasteiger partial charge in [-0.1, -0.05) is 37.3 Å². The largest absolute Gasteiger partial charge is 0.336 e. The van der Waals surface area contributed by atoms with Gasteiger partial charge >= 0.3 is 0 Å². The molecule has 3 heterocycles. The zero-order chi connectivity index (χ0) is 19.8. The number of hydrogen-bond acceptors (Lipinski definition) is 4. The van der Waals surface area contributed by atoms with Crippen LogP contribution in [-0.4, -0.2) is 29.1 Å². The number of aryl methyl sites for hydroxylation is 2. The van der Waals surface area contributed by atoms with Crippen LogP contribution >= 0.6 is 0 Å². The fourth-order valence-corrected chi connectivity index (χ4v) is 3.96. The van der Waals surface area contributed by atoms with Gasteiger partial charge in [-0.2, -0.15) is 0 Å². The van der Waals surface area contributed by atoms with Crippen molar-refractivity contribution in [2.75, 3.05) is 0 Å². The molecule has 0 saturated heterocycles. The summed E-state index contributed by atoms with van der Waals surface area (Å²) in [5.74, 6) is 2.49. The highest BCUT2D eigenvalue weighted by atomic mass is 15.2. The first-order valence-corrected chi connectivity index (χ1v) is 10.2. The molecule has 0 radical (unpaired) electrons. The Morgan fingerprint density at radius 1 is 1.00 bits per heavy atom. The molecule has 146 valence electrons. The predicted octanol–water partition coefficient (Wildman–Crippen LogP) is 4.30. The molecule has 0 bridgehead atoms. The van der Waals surface area contributed by atoms with Crippen LogP contribution in [0.15, 0.2) is 61.4 Å². The summed E-state index contributed by atoms with van der Waals surface area (Å²) in [5.41, 5.74) is 4.09. The second kappa shape index (κ2) is 7.28. The summed E-state index contributed by atoms with van der Waals surface area (Å²) in [7, 11) is 2.06. The predicted molar refractivity (Wildman–Crippen MR) is 112 cm³/mol. The molecule has 29 heavy (non-hydrogen) atoms. The summed E-state index contributed by atoms with van der Waals surface area (Å²) in [6, 6.07) is 10.5.